The van der Waals surface area contributed by atoms with Gasteiger partial charge < -0.3 is 32.5 Å². The van der Waals surface area contributed by atoms with Crippen LogP contribution < -0.4 is 27.4 Å². The summed E-state index contributed by atoms with van der Waals surface area (Å²) in [6.45, 7) is 2.84. The Labute approximate surface area is 140 Å². The van der Waals surface area contributed by atoms with Crippen molar-refractivity contribution >= 4 is 23.7 Å². The zero-order valence-corrected chi connectivity index (χ0v) is 14.0. The fourth-order valence-electron chi connectivity index (χ4n) is 1.75. The third kappa shape index (κ3) is 9.06. The molecule has 0 aromatic rings. The van der Waals surface area contributed by atoms with E-state index in [4.69, 9.17) is 16.6 Å². The Morgan fingerprint density at radius 2 is 1.62 bits per heavy atom. The van der Waals surface area contributed by atoms with E-state index in [-0.39, 0.29) is 0 Å². The lowest BCUT2D eigenvalue weighted by Crippen LogP contribution is -2.54. The number of carboxylic acids is 1. The molecule has 0 aliphatic carbocycles. The molecule has 10 nitrogen and oxygen atoms in total. The van der Waals surface area contributed by atoms with Crippen molar-refractivity contribution in [3.05, 3.63) is 0 Å². The van der Waals surface area contributed by atoms with Crippen LogP contribution in [0.4, 0.5) is 0 Å². The van der Waals surface area contributed by atoms with Crippen LogP contribution in [-0.2, 0) is 19.2 Å². The first-order valence-corrected chi connectivity index (χ1v) is 7.75. The first-order valence-electron chi connectivity index (χ1n) is 7.75. The fourth-order valence-corrected chi connectivity index (χ4v) is 1.75. The molecule has 0 saturated carbocycles. The van der Waals surface area contributed by atoms with E-state index in [1.54, 1.807) is 0 Å². The average Bonchev–Trinajstić information content (AvgIpc) is 2.51. The largest absolute Gasteiger partial charge is 0.480 e. The van der Waals surface area contributed by atoms with Gasteiger partial charge in [0.05, 0.1) is 6.04 Å². The van der Waals surface area contributed by atoms with E-state index < -0.39 is 48.4 Å². The summed E-state index contributed by atoms with van der Waals surface area (Å²) in [5, 5.41) is 15.7. The van der Waals surface area contributed by atoms with Crippen molar-refractivity contribution in [3.63, 3.8) is 0 Å². The fraction of sp³-hybridized carbons (Fsp3) is 0.714. The van der Waals surface area contributed by atoms with Crippen molar-refractivity contribution in [1.29, 1.82) is 0 Å². The van der Waals surface area contributed by atoms with Crippen LogP contribution in [0.15, 0.2) is 0 Å². The van der Waals surface area contributed by atoms with Gasteiger partial charge in [0, 0.05) is 0 Å². The Balaban J connectivity index is 4.70. The Morgan fingerprint density at radius 1 is 1.00 bits per heavy atom. The zero-order chi connectivity index (χ0) is 18.7. The molecule has 0 aliphatic rings. The smallest absolute Gasteiger partial charge is 0.322 e. The summed E-state index contributed by atoms with van der Waals surface area (Å²) in [5.41, 5.74) is 10.8. The van der Waals surface area contributed by atoms with Gasteiger partial charge in [-0.05, 0) is 39.7 Å². The monoisotopic (exact) mass is 345 g/mol. The lowest BCUT2D eigenvalue weighted by atomic mass is 10.1. The maximum Gasteiger partial charge on any atom is 0.322 e. The van der Waals surface area contributed by atoms with Crippen LogP contribution in [0.25, 0.3) is 0 Å². The third-order valence-electron chi connectivity index (χ3n) is 3.16. The summed E-state index contributed by atoms with van der Waals surface area (Å²) < 4.78 is 0. The number of nitrogens with two attached hydrogens (primary N) is 2. The summed E-state index contributed by atoms with van der Waals surface area (Å²) in [6, 6.07) is -2.55. The molecule has 3 atom stereocenters. The van der Waals surface area contributed by atoms with E-state index >= 15 is 0 Å². The summed E-state index contributed by atoms with van der Waals surface area (Å²) in [4.78, 5) is 46.1. The molecule has 0 radical (unpaired) electrons. The molecule has 0 spiro atoms. The normalized spacial score (nSPS) is 14.2. The van der Waals surface area contributed by atoms with E-state index in [0.29, 0.717) is 25.8 Å². The molecule has 10 heteroatoms. The van der Waals surface area contributed by atoms with Crippen molar-refractivity contribution < 1.29 is 24.3 Å². The van der Waals surface area contributed by atoms with E-state index in [1.165, 1.54) is 13.8 Å². The Hall–Kier alpha value is -2.20. The summed E-state index contributed by atoms with van der Waals surface area (Å²) in [7, 11) is 0. The summed E-state index contributed by atoms with van der Waals surface area (Å²) in [5.74, 6) is -2.85. The number of carbonyl (C=O) groups is 4. The van der Waals surface area contributed by atoms with Gasteiger partial charge in [0.1, 0.15) is 18.6 Å². The first-order chi connectivity index (χ1) is 11.2. The van der Waals surface area contributed by atoms with E-state index in [9.17, 15) is 19.2 Å². The summed E-state index contributed by atoms with van der Waals surface area (Å²) in [6.07, 6.45) is 1.56. The van der Waals surface area contributed by atoms with Crippen LogP contribution in [0.3, 0.4) is 0 Å². The second-order valence-electron chi connectivity index (χ2n) is 5.48. The number of carbonyl (C=O) groups excluding carboxylic acids is 3. The van der Waals surface area contributed by atoms with Crippen LogP contribution in [-0.4, -0.2) is 60.0 Å². The zero-order valence-electron chi connectivity index (χ0n) is 14.0. The number of nitrogens with one attached hydrogen (secondary N) is 3. The summed E-state index contributed by atoms with van der Waals surface area (Å²) >= 11 is 0. The van der Waals surface area contributed by atoms with Crippen molar-refractivity contribution in [2.75, 3.05) is 13.1 Å². The Kier molecular flexibility index (Phi) is 10.3. The third-order valence-corrected chi connectivity index (χ3v) is 3.16. The predicted molar refractivity (Wildman–Crippen MR) is 86.7 cm³/mol. The number of carboxylic acid groups (broad SMARTS) is 1. The minimum absolute atomic E-state index is 0.308. The number of rotatable bonds is 11. The molecule has 138 valence electrons. The lowest BCUT2D eigenvalue weighted by Gasteiger charge is -2.21. The van der Waals surface area contributed by atoms with Gasteiger partial charge in [-0.3, -0.25) is 19.2 Å². The highest BCUT2D eigenvalue weighted by molar-refractivity contribution is 5.93. The topological polar surface area (TPSA) is 177 Å². The van der Waals surface area contributed by atoms with Crippen LogP contribution in [0.5, 0.6) is 0 Å². The van der Waals surface area contributed by atoms with Gasteiger partial charge in [0.15, 0.2) is 0 Å². The maximum absolute atomic E-state index is 12.1. The molecular weight excluding hydrogens is 318 g/mol. The van der Waals surface area contributed by atoms with E-state index in [1.807, 2.05) is 0 Å². The van der Waals surface area contributed by atoms with Crippen LogP contribution >= 0.6 is 0 Å². The van der Waals surface area contributed by atoms with Crippen molar-refractivity contribution in [2.24, 2.45) is 11.5 Å². The molecule has 8 N–H and O–H groups in total. The molecule has 0 aliphatic heterocycles. The second kappa shape index (κ2) is 11.4. The SMILES string of the molecule is CC(N)C(=O)NC(C)C(=O)NC(CCCCN)C(=O)NCC(=O)O. The number of hydrogen-bond acceptors (Lipinski definition) is 6. The minimum atomic E-state index is -1.19. The molecular formula is C14H27N5O5. The predicted octanol–water partition coefficient (Wildman–Crippen LogP) is -2.35. The van der Waals surface area contributed by atoms with Gasteiger partial charge in [-0.2, -0.15) is 0 Å². The van der Waals surface area contributed by atoms with Gasteiger partial charge in [-0.15, -0.1) is 0 Å². The Bertz CT molecular complexity index is 455. The van der Waals surface area contributed by atoms with E-state index in [0.717, 1.165) is 0 Å². The van der Waals surface area contributed by atoms with Gasteiger partial charge in [0.2, 0.25) is 17.7 Å². The molecule has 0 fully saturated rings. The van der Waals surface area contributed by atoms with Crippen LogP contribution in [0.2, 0.25) is 0 Å². The molecule has 0 heterocycles. The Morgan fingerprint density at radius 3 is 2.12 bits per heavy atom. The highest BCUT2D eigenvalue weighted by Crippen LogP contribution is 2.02. The molecule has 3 amide bonds. The van der Waals surface area contributed by atoms with Gasteiger partial charge >= 0.3 is 5.97 Å². The number of aliphatic carboxylic acids is 1. The molecule has 0 saturated heterocycles. The van der Waals surface area contributed by atoms with Crippen molar-refractivity contribution in [2.45, 2.75) is 51.2 Å². The molecule has 0 rings (SSSR count). The molecule has 0 aromatic carbocycles. The van der Waals surface area contributed by atoms with Crippen molar-refractivity contribution in [1.82, 2.24) is 16.0 Å². The van der Waals surface area contributed by atoms with E-state index in [2.05, 4.69) is 16.0 Å². The van der Waals surface area contributed by atoms with Gasteiger partial charge in [-0.25, -0.2) is 0 Å². The highest BCUT2D eigenvalue weighted by atomic mass is 16.4. The van der Waals surface area contributed by atoms with Gasteiger partial charge in [-0.1, -0.05) is 0 Å². The molecule has 0 aromatic heterocycles. The highest BCUT2D eigenvalue weighted by Gasteiger charge is 2.24. The molecule has 24 heavy (non-hydrogen) atoms. The van der Waals surface area contributed by atoms with Crippen molar-refractivity contribution in [3.8, 4) is 0 Å². The standard InChI is InChI=1S/C14H27N5O5/c1-8(16)12(22)18-9(2)13(23)19-10(5-3-4-6-15)14(24)17-7-11(20)21/h8-10H,3-7,15-16H2,1-2H3,(H,17,24)(H,18,22)(H,19,23)(H,20,21). The van der Waals surface area contributed by atoms with Gasteiger partial charge in [0.25, 0.3) is 0 Å². The van der Waals surface area contributed by atoms with Crippen LogP contribution in [0.1, 0.15) is 33.1 Å². The molecule has 0 bridgehead atoms. The lowest BCUT2D eigenvalue weighted by molar-refractivity contribution is -0.138. The number of unbranched alkanes of at least 4 members (excludes halogenated alkanes) is 1. The van der Waals surface area contributed by atoms with Crippen LogP contribution in [0, 0.1) is 0 Å². The average molecular weight is 345 g/mol. The molecule has 3 unspecified atom stereocenters. The first kappa shape index (κ1) is 21.8. The maximum atomic E-state index is 12.1. The second-order valence-corrected chi connectivity index (χ2v) is 5.48. The number of amides is 3. The quantitative estimate of drug-likeness (QED) is 0.227. The minimum Gasteiger partial charge on any atom is -0.480 e. The number of hydrogen-bond donors (Lipinski definition) is 6.